The Labute approximate surface area is 127 Å². The van der Waals surface area contributed by atoms with Crippen LogP contribution < -0.4 is 9.47 Å². The van der Waals surface area contributed by atoms with Gasteiger partial charge >= 0.3 is 5.97 Å². The molecule has 1 aromatic rings. The second-order valence-electron chi connectivity index (χ2n) is 4.12. The summed E-state index contributed by atoms with van der Waals surface area (Å²) in [6.45, 7) is 3.80. The van der Waals surface area contributed by atoms with Crippen LogP contribution in [-0.4, -0.2) is 12.6 Å². The summed E-state index contributed by atoms with van der Waals surface area (Å²) in [5.41, 5.74) is 2.04. The van der Waals surface area contributed by atoms with Crippen LogP contribution in [0.25, 0.3) is 0 Å². The Morgan fingerprint density at radius 1 is 1.47 bits per heavy atom. The van der Waals surface area contributed by atoms with Crippen molar-refractivity contribution in [3.05, 3.63) is 23.3 Å². The molecular formula is C15H17IO3. The Morgan fingerprint density at radius 2 is 2.21 bits per heavy atom. The highest BCUT2D eigenvalue weighted by atomic mass is 127. The van der Waals surface area contributed by atoms with Crippen LogP contribution in [0.3, 0.4) is 0 Å². The molecule has 19 heavy (non-hydrogen) atoms. The minimum absolute atomic E-state index is 0.348. The lowest BCUT2D eigenvalue weighted by Crippen LogP contribution is -2.07. The van der Waals surface area contributed by atoms with Gasteiger partial charge in [0.05, 0.1) is 6.61 Å². The monoisotopic (exact) mass is 372 g/mol. The third-order valence-electron chi connectivity index (χ3n) is 2.42. The zero-order chi connectivity index (χ0) is 14.3. The van der Waals surface area contributed by atoms with E-state index in [-0.39, 0.29) is 5.97 Å². The molecule has 0 bridgehead atoms. The molecule has 1 rings (SSSR count). The fourth-order valence-corrected chi connectivity index (χ4v) is 2.07. The molecule has 0 aliphatic rings. The number of ether oxygens (including phenoxy) is 2. The van der Waals surface area contributed by atoms with Crippen molar-refractivity contribution in [1.82, 2.24) is 0 Å². The van der Waals surface area contributed by atoms with Gasteiger partial charge in [-0.15, -0.1) is 12.3 Å². The number of halogens is 1. The molecule has 0 spiro atoms. The molecule has 0 saturated carbocycles. The quantitative estimate of drug-likeness (QED) is 0.191. The van der Waals surface area contributed by atoms with Crippen molar-refractivity contribution in [1.29, 1.82) is 0 Å². The van der Waals surface area contributed by atoms with Crippen molar-refractivity contribution in [2.45, 2.75) is 31.1 Å². The molecule has 0 fully saturated rings. The maximum absolute atomic E-state index is 11.1. The minimum Gasteiger partial charge on any atom is -0.490 e. The van der Waals surface area contributed by atoms with Gasteiger partial charge in [0.15, 0.2) is 11.5 Å². The van der Waals surface area contributed by atoms with Crippen LogP contribution in [-0.2, 0) is 9.22 Å². The highest BCUT2D eigenvalue weighted by Gasteiger charge is 2.13. The van der Waals surface area contributed by atoms with Gasteiger partial charge in [0.1, 0.15) is 0 Å². The molecule has 1 aromatic carbocycles. The molecule has 0 saturated heterocycles. The van der Waals surface area contributed by atoms with Gasteiger partial charge in [-0.3, -0.25) is 4.79 Å². The Balaban J connectivity index is 2.93. The van der Waals surface area contributed by atoms with E-state index in [4.69, 9.17) is 15.9 Å². The van der Waals surface area contributed by atoms with Gasteiger partial charge in [-0.05, 0) is 30.5 Å². The molecular weight excluding hydrogens is 355 g/mol. The number of hydrogen-bond donors (Lipinski definition) is 0. The molecule has 0 atom stereocenters. The SMILES string of the molecule is C#CCCCOc1cc(CI)cc(C)c1OC(C)=O. The molecule has 0 amide bonds. The third kappa shape index (κ3) is 5.11. The third-order valence-corrected chi connectivity index (χ3v) is 3.30. The number of carbonyl (C=O) groups excluding carboxylic acids is 1. The van der Waals surface area contributed by atoms with E-state index in [1.807, 2.05) is 19.1 Å². The van der Waals surface area contributed by atoms with Crippen LogP contribution >= 0.6 is 22.6 Å². The van der Waals surface area contributed by atoms with Gasteiger partial charge < -0.3 is 9.47 Å². The molecule has 0 heterocycles. The molecule has 102 valence electrons. The normalized spacial score (nSPS) is 9.79. The zero-order valence-electron chi connectivity index (χ0n) is 11.2. The van der Waals surface area contributed by atoms with Gasteiger partial charge in [-0.2, -0.15) is 0 Å². The van der Waals surface area contributed by atoms with Crippen molar-refractivity contribution in [2.75, 3.05) is 6.61 Å². The second-order valence-corrected chi connectivity index (χ2v) is 4.89. The highest BCUT2D eigenvalue weighted by molar-refractivity contribution is 14.1. The van der Waals surface area contributed by atoms with E-state index < -0.39 is 0 Å². The lowest BCUT2D eigenvalue weighted by atomic mass is 10.1. The molecule has 0 aliphatic carbocycles. The topological polar surface area (TPSA) is 35.5 Å². The summed E-state index contributed by atoms with van der Waals surface area (Å²) in [5, 5.41) is 0. The molecule has 0 unspecified atom stereocenters. The Bertz CT molecular complexity index is 489. The van der Waals surface area contributed by atoms with Crippen molar-refractivity contribution < 1.29 is 14.3 Å². The van der Waals surface area contributed by atoms with Gasteiger partial charge in [0, 0.05) is 17.8 Å². The predicted molar refractivity (Wildman–Crippen MR) is 83.8 cm³/mol. The summed E-state index contributed by atoms with van der Waals surface area (Å²) < 4.78 is 11.8. The number of esters is 1. The molecule has 3 nitrogen and oxygen atoms in total. The van der Waals surface area contributed by atoms with Crippen LogP contribution in [0.4, 0.5) is 0 Å². The lowest BCUT2D eigenvalue weighted by Gasteiger charge is -2.14. The number of carbonyl (C=O) groups is 1. The molecule has 0 N–H and O–H groups in total. The smallest absolute Gasteiger partial charge is 0.308 e. The fourth-order valence-electron chi connectivity index (χ4n) is 1.63. The first-order valence-corrected chi connectivity index (χ1v) is 7.55. The highest BCUT2D eigenvalue weighted by Crippen LogP contribution is 2.33. The van der Waals surface area contributed by atoms with Gasteiger partial charge in [-0.25, -0.2) is 0 Å². The maximum atomic E-state index is 11.1. The summed E-state index contributed by atoms with van der Waals surface area (Å²) in [4.78, 5) is 11.1. The lowest BCUT2D eigenvalue weighted by molar-refractivity contribution is -0.132. The van der Waals surface area contributed by atoms with E-state index in [0.717, 1.165) is 22.0 Å². The molecule has 4 heteroatoms. The van der Waals surface area contributed by atoms with Crippen LogP contribution in [0, 0.1) is 19.3 Å². The number of unbranched alkanes of at least 4 members (excludes halogenated alkanes) is 1. The Kier molecular flexibility index (Phi) is 6.71. The van der Waals surface area contributed by atoms with Gasteiger partial charge in [0.25, 0.3) is 0 Å². The van der Waals surface area contributed by atoms with Crippen LogP contribution in [0.5, 0.6) is 11.5 Å². The number of aryl methyl sites for hydroxylation is 1. The van der Waals surface area contributed by atoms with Gasteiger partial charge in [-0.1, -0.05) is 28.7 Å². The van der Waals surface area contributed by atoms with Crippen molar-refractivity contribution >= 4 is 28.6 Å². The van der Waals surface area contributed by atoms with E-state index in [1.54, 1.807) is 0 Å². The molecule has 0 aromatic heterocycles. The largest absolute Gasteiger partial charge is 0.490 e. The maximum Gasteiger partial charge on any atom is 0.308 e. The van der Waals surface area contributed by atoms with E-state index in [0.29, 0.717) is 24.5 Å². The predicted octanol–water partition coefficient (Wildman–Crippen LogP) is 3.65. The summed E-state index contributed by atoms with van der Waals surface area (Å²) in [5.74, 6) is 3.33. The first-order chi connectivity index (χ1) is 9.08. The number of benzene rings is 1. The van der Waals surface area contributed by atoms with E-state index in [9.17, 15) is 4.79 Å². The van der Waals surface area contributed by atoms with Crippen LogP contribution in [0.1, 0.15) is 30.9 Å². The van der Waals surface area contributed by atoms with Crippen molar-refractivity contribution in [2.24, 2.45) is 0 Å². The Hall–Kier alpha value is -1.22. The first kappa shape index (κ1) is 15.8. The zero-order valence-corrected chi connectivity index (χ0v) is 13.3. The Morgan fingerprint density at radius 3 is 2.79 bits per heavy atom. The van der Waals surface area contributed by atoms with Gasteiger partial charge in [0.2, 0.25) is 0 Å². The molecule has 0 radical (unpaired) electrons. The summed E-state index contributed by atoms with van der Waals surface area (Å²) in [6.07, 6.45) is 6.65. The summed E-state index contributed by atoms with van der Waals surface area (Å²) in [6, 6.07) is 3.91. The van der Waals surface area contributed by atoms with E-state index in [2.05, 4.69) is 28.5 Å². The summed E-state index contributed by atoms with van der Waals surface area (Å²) in [7, 11) is 0. The standard InChI is InChI=1S/C15H17IO3/c1-4-5-6-7-18-14-9-13(10-16)8-11(2)15(14)19-12(3)17/h1,8-9H,5-7,10H2,2-3H3. The van der Waals surface area contributed by atoms with Crippen LogP contribution in [0.15, 0.2) is 12.1 Å². The average Bonchev–Trinajstić information content (AvgIpc) is 2.37. The van der Waals surface area contributed by atoms with E-state index in [1.165, 1.54) is 6.92 Å². The number of rotatable bonds is 6. The van der Waals surface area contributed by atoms with Crippen molar-refractivity contribution in [3.63, 3.8) is 0 Å². The van der Waals surface area contributed by atoms with Crippen LogP contribution in [0.2, 0.25) is 0 Å². The van der Waals surface area contributed by atoms with Crippen molar-refractivity contribution in [3.8, 4) is 23.8 Å². The van der Waals surface area contributed by atoms with E-state index >= 15 is 0 Å². The average molecular weight is 372 g/mol. The summed E-state index contributed by atoms with van der Waals surface area (Å²) >= 11 is 2.29. The molecule has 0 aliphatic heterocycles. The second kappa shape index (κ2) is 8.05. The number of terminal acetylenes is 1. The number of hydrogen-bond acceptors (Lipinski definition) is 3. The first-order valence-electron chi connectivity index (χ1n) is 6.02. The minimum atomic E-state index is -0.348. The number of alkyl halides is 1. The fraction of sp³-hybridized carbons (Fsp3) is 0.400.